The highest BCUT2D eigenvalue weighted by Gasteiger charge is 2.18. The number of carboxylic acid groups (broad SMARTS) is 1. The largest absolute Gasteiger partial charge is 0.481 e. The Morgan fingerprint density at radius 1 is 1.50 bits per heavy atom. The van der Waals surface area contributed by atoms with Crippen LogP contribution in [-0.2, 0) is 4.79 Å². The number of hydrogen-bond donors (Lipinski definition) is 3. The number of hydrogen-bond acceptors (Lipinski definition) is 5. The topological polar surface area (TPSA) is 138 Å². The van der Waals surface area contributed by atoms with Crippen LogP contribution in [0, 0.1) is 10.1 Å². The van der Waals surface area contributed by atoms with Gasteiger partial charge in [0.15, 0.2) is 5.69 Å². The standard InChI is InChI=1S/C13H14N4O5/c1-7(2-5-11(18)19)14-13(20)12-9-6-8(17(21)22)3-4-10(9)15-16-12/h3-4,6-7H,2,5H2,1H3,(H,14,20)(H,15,16)(H,18,19). The van der Waals surface area contributed by atoms with Gasteiger partial charge in [0.25, 0.3) is 11.6 Å². The van der Waals surface area contributed by atoms with Crippen LogP contribution in [0.4, 0.5) is 5.69 Å². The molecule has 2 rings (SSSR count). The molecule has 116 valence electrons. The van der Waals surface area contributed by atoms with Crippen molar-refractivity contribution in [2.75, 3.05) is 0 Å². The molecule has 0 aliphatic heterocycles. The number of nitro groups is 1. The summed E-state index contributed by atoms with van der Waals surface area (Å²) in [7, 11) is 0. The van der Waals surface area contributed by atoms with Crippen molar-refractivity contribution in [2.45, 2.75) is 25.8 Å². The molecule has 1 atom stereocenters. The lowest BCUT2D eigenvalue weighted by atomic mass is 10.1. The SMILES string of the molecule is CC(CCC(=O)O)NC(=O)c1n[nH]c2ccc([N+](=O)[O-])cc12. The number of amides is 1. The summed E-state index contributed by atoms with van der Waals surface area (Å²) in [5.74, 6) is -1.45. The van der Waals surface area contributed by atoms with Gasteiger partial charge in [0.2, 0.25) is 0 Å². The summed E-state index contributed by atoms with van der Waals surface area (Å²) in [6.07, 6.45) is 0.220. The Labute approximate surface area is 124 Å². The van der Waals surface area contributed by atoms with E-state index in [-0.39, 0.29) is 30.3 Å². The fourth-order valence-corrected chi connectivity index (χ4v) is 1.99. The fourth-order valence-electron chi connectivity index (χ4n) is 1.99. The van der Waals surface area contributed by atoms with E-state index in [1.807, 2.05) is 0 Å². The number of non-ortho nitro benzene ring substituents is 1. The van der Waals surface area contributed by atoms with Gasteiger partial charge in [0, 0.05) is 30.0 Å². The molecule has 0 spiro atoms. The minimum atomic E-state index is -0.943. The van der Waals surface area contributed by atoms with Crippen molar-refractivity contribution in [3.63, 3.8) is 0 Å². The average molecular weight is 306 g/mol. The molecule has 0 aliphatic carbocycles. The predicted octanol–water partition coefficient (Wildman–Crippen LogP) is 1.45. The Bertz CT molecular complexity index is 739. The van der Waals surface area contributed by atoms with Crippen molar-refractivity contribution >= 4 is 28.5 Å². The molecule has 2 aromatic rings. The van der Waals surface area contributed by atoms with E-state index in [0.29, 0.717) is 10.9 Å². The van der Waals surface area contributed by atoms with Crippen LogP contribution in [0.5, 0.6) is 0 Å². The van der Waals surface area contributed by atoms with Crippen molar-refractivity contribution in [1.29, 1.82) is 0 Å². The fraction of sp³-hybridized carbons (Fsp3) is 0.308. The number of carboxylic acids is 1. The van der Waals surface area contributed by atoms with E-state index >= 15 is 0 Å². The van der Waals surface area contributed by atoms with E-state index in [0.717, 1.165) is 0 Å². The van der Waals surface area contributed by atoms with Crippen LogP contribution in [-0.4, -0.2) is 38.1 Å². The molecule has 0 bridgehead atoms. The number of H-pyrrole nitrogens is 1. The van der Waals surface area contributed by atoms with E-state index in [1.54, 1.807) is 6.92 Å². The lowest BCUT2D eigenvalue weighted by Gasteiger charge is -2.11. The van der Waals surface area contributed by atoms with Gasteiger partial charge < -0.3 is 10.4 Å². The zero-order chi connectivity index (χ0) is 16.3. The molecule has 0 saturated carbocycles. The van der Waals surface area contributed by atoms with E-state index in [9.17, 15) is 19.7 Å². The second-order valence-electron chi connectivity index (χ2n) is 4.87. The van der Waals surface area contributed by atoms with Crippen LogP contribution in [0.25, 0.3) is 10.9 Å². The van der Waals surface area contributed by atoms with E-state index in [2.05, 4.69) is 15.5 Å². The molecule has 22 heavy (non-hydrogen) atoms. The highest BCUT2D eigenvalue weighted by Crippen LogP contribution is 2.22. The normalized spacial score (nSPS) is 12.0. The van der Waals surface area contributed by atoms with Gasteiger partial charge in [0.05, 0.1) is 10.4 Å². The summed E-state index contributed by atoms with van der Waals surface area (Å²) in [5, 5.41) is 28.9. The highest BCUT2D eigenvalue weighted by molar-refractivity contribution is 6.05. The minimum absolute atomic E-state index is 0.0425. The van der Waals surface area contributed by atoms with Crippen molar-refractivity contribution in [1.82, 2.24) is 15.5 Å². The number of rotatable bonds is 6. The molecule has 1 aromatic heterocycles. The van der Waals surface area contributed by atoms with Crippen LogP contribution in [0.2, 0.25) is 0 Å². The zero-order valence-electron chi connectivity index (χ0n) is 11.7. The van der Waals surface area contributed by atoms with Gasteiger partial charge in [-0.15, -0.1) is 0 Å². The first-order valence-electron chi connectivity index (χ1n) is 6.53. The molecule has 0 fully saturated rings. The van der Waals surface area contributed by atoms with Gasteiger partial charge in [0.1, 0.15) is 0 Å². The van der Waals surface area contributed by atoms with Gasteiger partial charge >= 0.3 is 5.97 Å². The van der Waals surface area contributed by atoms with Crippen LogP contribution in [0.3, 0.4) is 0 Å². The maximum Gasteiger partial charge on any atom is 0.303 e. The summed E-state index contributed by atoms with van der Waals surface area (Å²) < 4.78 is 0. The lowest BCUT2D eigenvalue weighted by molar-refractivity contribution is -0.384. The maximum absolute atomic E-state index is 12.1. The number of aromatic nitrogens is 2. The number of nitrogens with one attached hydrogen (secondary N) is 2. The molecule has 0 aliphatic rings. The number of fused-ring (bicyclic) bond motifs is 1. The second-order valence-corrected chi connectivity index (χ2v) is 4.87. The first-order valence-corrected chi connectivity index (χ1v) is 6.53. The number of aliphatic carboxylic acids is 1. The van der Waals surface area contributed by atoms with E-state index in [1.165, 1.54) is 18.2 Å². The van der Waals surface area contributed by atoms with Gasteiger partial charge in [-0.05, 0) is 19.4 Å². The van der Waals surface area contributed by atoms with Crippen LogP contribution < -0.4 is 5.32 Å². The summed E-state index contributed by atoms with van der Waals surface area (Å²) in [6, 6.07) is 3.72. The van der Waals surface area contributed by atoms with Gasteiger partial charge in [-0.25, -0.2) is 0 Å². The van der Waals surface area contributed by atoms with Crippen LogP contribution >= 0.6 is 0 Å². The third-order valence-corrected chi connectivity index (χ3v) is 3.14. The molecule has 3 N–H and O–H groups in total. The van der Waals surface area contributed by atoms with Crippen molar-refractivity contribution in [2.24, 2.45) is 0 Å². The number of carbonyl (C=O) groups excluding carboxylic acids is 1. The smallest absolute Gasteiger partial charge is 0.303 e. The van der Waals surface area contributed by atoms with E-state index in [4.69, 9.17) is 5.11 Å². The quantitative estimate of drug-likeness (QED) is 0.545. The Hall–Kier alpha value is -2.97. The minimum Gasteiger partial charge on any atom is -0.481 e. The molecule has 1 unspecified atom stereocenters. The number of carbonyl (C=O) groups is 2. The first-order chi connectivity index (χ1) is 10.4. The predicted molar refractivity (Wildman–Crippen MR) is 76.5 cm³/mol. The molecule has 1 heterocycles. The maximum atomic E-state index is 12.1. The Morgan fingerprint density at radius 2 is 2.23 bits per heavy atom. The van der Waals surface area contributed by atoms with Crippen molar-refractivity contribution < 1.29 is 19.6 Å². The first kappa shape index (κ1) is 15.4. The Kier molecular flexibility index (Phi) is 4.35. The van der Waals surface area contributed by atoms with Gasteiger partial charge in [-0.3, -0.25) is 24.8 Å². The molecular weight excluding hydrogens is 292 g/mol. The lowest BCUT2D eigenvalue weighted by Crippen LogP contribution is -2.33. The summed E-state index contributed by atoms with van der Waals surface area (Å²) in [5.41, 5.74) is 0.414. The average Bonchev–Trinajstić information content (AvgIpc) is 2.87. The van der Waals surface area contributed by atoms with Crippen molar-refractivity contribution in [3.05, 3.63) is 34.0 Å². The highest BCUT2D eigenvalue weighted by atomic mass is 16.6. The summed E-state index contributed by atoms with van der Waals surface area (Å²) >= 11 is 0. The number of benzene rings is 1. The molecular formula is C13H14N4O5. The molecule has 0 saturated heterocycles. The Balaban J connectivity index is 2.19. The van der Waals surface area contributed by atoms with Crippen LogP contribution in [0.15, 0.2) is 18.2 Å². The van der Waals surface area contributed by atoms with E-state index < -0.39 is 16.8 Å². The third-order valence-electron chi connectivity index (χ3n) is 3.14. The number of aromatic amines is 1. The monoisotopic (exact) mass is 306 g/mol. The third kappa shape index (κ3) is 3.37. The molecule has 9 heteroatoms. The second kappa shape index (κ2) is 6.20. The molecule has 0 radical (unpaired) electrons. The summed E-state index contributed by atoms with van der Waals surface area (Å²) in [4.78, 5) is 32.9. The molecule has 1 aromatic carbocycles. The zero-order valence-corrected chi connectivity index (χ0v) is 11.7. The Morgan fingerprint density at radius 3 is 2.86 bits per heavy atom. The molecule has 1 amide bonds. The van der Waals surface area contributed by atoms with Gasteiger partial charge in [-0.2, -0.15) is 5.10 Å². The van der Waals surface area contributed by atoms with Crippen LogP contribution in [0.1, 0.15) is 30.3 Å². The van der Waals surface area contributed by atoms with Gasteiger partial charge in [-0.1, -0.05) is 0 Å². The summed E-state index contributed by atoms with van der Waals surface area (Å²) in [6.45, 7) is 1.68. The molecule has 9 nitrogen and oxygen atoms in total. The number of nitro benzene ring substituents is 1. The number of nitrogens with zero attached hydrogens (tertiary/aromatic N) is 2. The van der Waals surface area contributed by atoms with Crippen molar-refractivity contribution in [3.8, 4) is 0 Å².